The first-order chi connectivity index (χ1) is 12.9. The Bertz CT molecular complexity index is 774. The van der Waals surface area contributed by atoms with E-state index in [4.69, 9.17) is 4.74 Å². The molecule has 2 aromatic heterocycles. The highest BCUT2D eigenvalue weighted by Crippen LogP contribution is 2.37. The lowest BCUT2D eigenvalue weighted by Crippen LogP contribution is -2.55. The van der Waals surface area contributed by atoms with Crippen molar-refractivity contribution < 1.29 is 13.9 Å². The van der Waals surface area contributed by atoms with Crippen molar-refractivity contribution in [1.29, 1.82) is 0 Å². The van der Waals surface area contributed by atoms with Gasteiger partial charge in [0.25, 0.3) is 0 Å². The quantitative estimate of drug-likeness (QED) is 0.680. The van der Waals surface area contributed by atoms with Gasteiger partial charge in [0.05, 0.1) is 13.2 Å². The molecular formula is C18H27FN6O2. The van der Waals surface area contributed by atoms with Crippen molar-refractivity contribution >= 4 is 17.2 Å². The van der Waals surface area contributed by atoms with Crippen molar-refractivity contribution in [2.75, 3.05) is 39.1 Å². The summed E-state index contributed by atoms with van der Waals surface area (Å²) in [6, 6.07) is 3.77. The number of anilines is 1. The van der Waals surface area contributed by atoms with Crippen LogP contribution < -0.4 is 10.6 Å². The number of hydrogen-bond acceptors (Lipinski definition) is 6. The number of ether oxygens (including phenoxy) is 1. The zero-order valence-corrected chi connectivity index (χ0v) is 16.0. The fourth-order valence-corrected chi connectivity index (χ4v) is 3.12. The first-order valence-electron chi connectivity index (χ1n) is 9.14. The standard InChI is InChI=1S/C18H27FN6O2/c1-13(27-8-7-24(2)3)17(26)20-11-18(19)9-14(10-18)23-16-15-5-4-6-25(15)22-12-21-16/h4-6,12-14H,7-11H2,1-3H3,(H,20,26)(H,21,22,23)/t13-,14?,18?/m1/s1. The van der Waals surface area contributed by atoms with Crippen molar-refractivity contribution in [2.24, 2.45) is 0 Å². The van der Waals surface area contributed by atoms with Crippen molar-refractivity contribution in [3.8, 4) is 0 Å². The molecule has 3 rings (SSSR count). The largest absolute Gasteiger partial charge is 0.367 e. The minimum absolute atomic E-state index is 0.00426. The Hall–Kier alpha value is -2.26. The molecule has 1 fully saturated rings. The second kappa shape index (κ2) is 8.18. The maximum atomic E-state index is 14.8. The molecule has 0 aromatic carbocycles. The SMILES string of the molecule is C[C@@H](OCCN(C)C)C(=O)NCC1(F)CC(Nc2ncnn3cccc23)C1. The van der Waals surface area contributed by atoms with Gasteiger partial charge in [-0.1, -0.05) is 0 Å². The molecule has 1 atom stereocenters. The molecule has 0 unspecified atom stereocenters. The molecule has 8 nitrogen and oxygen atoms in total. The highest BCUT2D eigenvalue weighted by atomic mass is 19.1. The number of hydrogen-bond donors (Lipinski definition) is 2. The summed E-state index contributed by atoms with van der Waals surface area (Å²) in [5, 5.41) is 10.0. The number of fused-ring (bicyclic) bond motifs is 1. The van der Waals surface area contributed by atoms with Crippen molar-refractivity contribution in [1.82, 2.24) is 24.8 Å². The summed E-state index contributed by atoms with van der Waals surface area (Å²) < 4.78 is 21.9. The first-order valence-corrected chi connectivity index (χ1v) is 9.14. The van der Waals surface area contributed by atoms with Gasteiger partial charge >= 0.3 is 0 Å². The Labute approximate surface area is 158 Å². The molecule has 0 spiro atoms. The Morgan fingerprint density at radius 1 is 1.52 bits per heavy atom. The molecule has 0 bridgehead atoms. The number of alkyl halides is 1. The molecule has 27 heavy (non-hydrogen) atoms. The second-order valence-corrected chi connectivity index (χ2v) is 7.38. The summed E-state index contributed by atoms with van der Waals surface area (Å²) >= 11 is 0. The summed E-state index contributed by atoms with van der Waals surface area (Å²) in [5.74, 6) is 0.405. The third kappa shape index (κ3) is 4.92. The Morgan fingerprint density at radius 3 is 3.04 bits per heavy atom. The van der Waals surface area contributed by atoms with Crippen LogP contribution in [0.25, 0.3) is 5.52 Å². The van der Waals surface area contributed by atoms with E-state index < -0.39 is 11.8 Å². The number of likely N-dealkylation sites (N-methyl/N-ethyl adjacent to an activating group) is 1. The van der Waals surface area contributed by atoms with Crippen molar-refractivity contribution in [2.45, 2.75) is 37.6 Å². The zero-order valence-electron chi connectivity index (χ0n) is 16.0. The van der Waals surface area contributed by atoms with E-state index in [0.29, 0.717) is 25.3 Å². The lowest BCUT2D eigenvalue weighted by atomic mass is 9.77. The number of rotatable bonds is 9. The molecule has 1 aliphatic carbocycles. The molecule has 0 radical (unpaired) electrons. The van der Waals surface area contributed by atoms with Crippen LogP contribution in [-0.4, -0.2) is 77.0 Å². The van der Waals surface area contributed by atoms with Crippen LogP contribution in [0.4, 0.5) is 10.2 Å². The molecule has 9 heteroatoms. The van der Waals surface area contributed by atoms with Gasteiger partial charge in [-0.05, 0) is 33.2 Å². The van der Waals surface area contributed by atoms with Crippen molar-refractivity contribution in [3.63, 3.8) is 0 Å². The van der Waals surface area contributed by atoms with Crippen molar-refractivity contribution in [3.05, 3.63) is 24.7 Å². The van der Waals surface area contributed by atoms with E-state index in [9.17, 15) is 9.18 Å². The lowest BCUT2D eigenvalue weighted by Gasteiger charge is -2.42. The van der Waals surface area contributed by atoms with Gasteiger partial charge < -0.3 is 20.3 Å². The van der Waals surface area contributed by atoms with E-state index in [-0.39, 0.29) is 18.5 Å². The van der Waals surface area contributed by atoms with E-state index in [1.807, 2.05) is 37.3 Å². The van der Waals surface area contributed by atoms with E-state index in [1.54, 1.807) is 11.4 Å². The van der Waals surface area contributed by atoms with Crippen LogP contribution in [-0.2, 0) is 9.53 Å². The first kappa shape index (κ1) is 19.5. The monoisotopic (exact) mass is 378 g/mol. The van der Waals surface area contributed by atoms with Crippen LogP contribution >= 0.6 is 0 Å². The fraction of sp³-hybridized carbons (Fsp3) is 0.611. The molecule has 2 heterocycles. The smallest absolute Gasteiger partial charge is 0.248 e. The van der Waals surface area contributed by atoms with Crippen LogP contribution in [0.3, 0.4) is 0 Å². The van der Waals surface area contributed by atoms with Crippen LogP contribution in [0.2, 0.25) is 0 Å². The maximum Gasteiger partial charge on any atom is 0.248 e. The van der Waals surface area contributed by atoms with Gasteiger partial charge in [-0.3, -0.25) is 4.79 Å². The number of amides is 1. The highest BCUT2D eigenvalue weighted by molar-refractivity contribution is 5.80. The molecule has 148 valence electrons. The normalized spacial score (nSPS) is 23.2. The van der Waals surface area contributed by atoms with Gasteiger partial charge in [0.15, 0.2) is 5.82 Å². The minimum atomic E-state index is -1.40. The van der Waals surface area contributed by atoms with E-state index in [1.165, 1.54) is 6.33 Å². The molecule has 1 aliphatic rings. The van der Waals surface area contributed by atoms with Gasteiger partial charge in [-0.25, -0.2) is 13.9 Å². The molecular weight excluding hydrogens is 351 g/mol. The van der Waals surface area contributed by atoms with E-state index >= 15 is 0 Å². The molecule has 0 aliphatic heterocycles. The lowest BCUT2D eigenvalue weighted by molar-refractivity contribution is -0.133. The zero-order chi connectivity index (χ0) is 19.4. The predicted molar refractivity (Wildman–Crippen MR) is 100 cm³/mol. The summed E-state index contributed by atoms with van der Waals surface area (Å²) in [6.45, 7) is 2.87. The topological polar surface area (TPSA) is 83.8 Å². The highest BCUT2D eigenvalue weighted by Gasteiger charge is 2.45. The van der Waals surface area contributed by atoms with Crippen LogP contribution in [0.1, 0.15) is 19.8 Å². The van der Waals surface area contributed by atoms with Crippen LogP contribution in [0.5, 0.6) is 0 Å². The average molecular weight is 378 g/mol. The fourth-order valence-electron chi connectivity index (χ4n) is 3.12. The Morgan fingerprint density at radius 2 is 2.30 bits per heavy atom. The second-order valence-electron chi connectivity index (χ2n) is 7.38. The number of aromatic nitrogens is 3. The molecule has 0 saturated heterocycles. The van der Waals surface area contributed by atoms with Gasteiger partial charge in [0.2, 0.25) is 5.91 Å². The van der Waals surface area contributed by atoms with Gasteiger partial charge in [0, 0.05) is 31.6 Å². The molecule has 2 N–H and O–H groups in total. The number of nitrogens with one attached hydrogen (secondary N) is 2. The summed E-state index contributed by atoms with van der Waals surface area (Å²) in [7, 11) is 3.87. The van der Waals surface area contributed by atoms with Crippen LogP contribution in [0, 0.1) is 0 Å². The summed E-state index contributed by atoms with van der Waals surface area (Å²) in [5.41, 5.74) is -0.548. The molecule has 2 aromatic rings. The minimum Gasteiger partial charge on any atom is -0.367 e. The predicted octanol–water partition coefficient (Wildman–Crippen LogP) is 1.09. The summed E-state index contributed by atoms with van der Waals surface area (Å²) in [4.78, 5) is 18.2. The number of halogens is 1. The van der Waals surface area contributed by atoms with Crippen LogP contribution in [0.15, 0.2) is 24.7 Å². The van der Waals surface area contributed by atoms with Gasteiger partial charge in [-0.15, -0.1) is 0 Å². The number of carbonyl (C=O) groups excluding carboxylic acids is 1. The van der Waals surface area contributed by atoms with E-state index in [0.717, 1.165) is 12.1 Å². The third-order valence-electron chi connectivity index (χ3n) is 4.75. The van der Waals surface area contributed by atoms with Gasteiger partial charge in [-0.2, -0.15) is 5.10 Å². The molecule has 1 saturated carbocycles. The Balaban J connectivity index is 1.41. The average Bonchev–Trinajstić information content (AvgIpc) is 3.07. The van der Waals surface area contributed by atoms with Gasteiger partial charge in [0.1, 0.15) is 23.6 Å². The summed E-state index contributed by atoms with van der Waals surface area (Å²) in [6.07, 6.45) is 3.35. The number of nitrogens with zero attached hydrogens (tertiary/aromatic N) is 4. The number of carbonyl (C=O) groups is 1. The maximum absolute atomic E-state index is 14.8. The molecule has 1 amide bonds. The third-order valence-corrected chi connectivity index (χ3v) is 4.75. The Kier molecular flexibility index (Phi) is 5.91. The van der Waals surface area contributed by atoms with E-state index in [2.05, 4.69) is 20.7 Å².